The lowest BCUT2D eigenvalue weighted by Gasteiger charge is -2.26. The number of phenolic OH excluding ortho intramolecular Hbond substituents is 1. The number of hydrogen-bond donors (Lipinski definition) is 2. The number of nitrogens with one attached hydrogen (secondary N) is 1. The minimum atomic E-state index is 0.147. The molecule has 0 spiro atoms. The SMILES string of the molecule is CN(C)C(=O)CCNC1CCCc2cc(O)ccc21. The maximum Gasteiger partial charge on any atom is 0.223 e. The van der Waals surface area contributed by atoms with Crippen LogP contribution in [0.2, 0.25) is 0 Å². The molecule has 19 heavy (non-hydrogen) atoms. The number of benzene rings is 1. The second-order valence-corrected chi connectivity index (χ2v) is 5.32. The molecular formula is C15H22N2O2. The predicted octanol–water partition coefficient (Wildman–Crippen LogP) is 1.84. The highest BCUT2D eigenvalue weighted by Gasteiger charge is 2.20. The number of carbonyl (C=O) groups is 1. The van der Waals surface area contributed by atoms with Gasteiger partial charge in [0.2, 0.25) is 5.91 Å². The Kier molecular flexibility index (Phi) is 4.43. The van der Waals surface area contributed by atoms with E-state index in [1.807, 2.05) is 12.1 Å². The Morgan fingerprint density at radius 1 is 1.47 bits per heavy atom. The number of phenols is 1. The molecule has 1 atom stereocenters. The number of nitrogens with zero attached hydrogens (tertiary/aromatic N) is 1. The molecule has 0 fully saturated rings. The Balaban J connectivity index is 1.94. The standard InChI is InChI=1S/C15H22N2O2/c1-17(2)15(19)8-9-16-14-5-3-4-11-10-12(18)6-7-13(11)14/h6-7,10,14,16,18H,3-5,8-9H2,1-2H3. The Bertz CT molecular complexity index is 457. The third-order valence-corrected chi connectivity index (χ3v) is 3.67. The molecule has 4 nitrogen and oxygen atoms in total. The molecule has 1 unspecified atom stereocenters. The van der Waals surface area contributed by atoms with Gasteiger partial charge in [0.1, 0.15) is 5.75 Å². The number of amides is 1. The van der Waals surface area contributed by atoms with Crippen LogP contribution in [0.3, 0.4) is 0 Å². The summed E-state index contributed by atoms with van der Waals surface area (Å²) in [5, 5.41) is 13.0. The van der Waals surface area contributed by atoms with Crippen molar-refractivity contribution in [2.24, 2.45) is 0 Å². The Morgan fingerprint density at radius 2 is 2.26 bits per heavy atom. The zero-order valence-corrected chi connectivity index (χ0v) is 11.6. The molecule has 104 valence electrons. The first kappa shape index (κ1) is 13.9. The number of fused-ring (bicyclic) bond motifs is 1. The van der Waals surface area contributed by atoms with Crippen LogP contribution in [0.4, 0.5) is 0 Å². The zero-order valence-electron chi connectivity index (χ0n) is 11.6. The Morgan fingerprint density at radius 3 is 3.00 bits per heavy atom. The summed E-state index contributed by atoms with van der Waals surface area (Å²) >= 11 is 0. The van der Waals surface area contributed by atoms with Crippen LogP contribution in [0.1, 0.15) is 36.4 Å². The second kappa shape index (κ2) is 6.06. The van der Waals surface area contributed by atoms with Crippen molar-refractivity contribution in [3.63, 3.8) is 0 Å². The molecule has 1 amide bonds. The van der Waals surface area contributed by atoms with E-state index in [1.54, 1.807) is 25.1 Å². The summed E-state index contributed by atoms with van der Waals surface area (Å²) in [6, 6.07) is 5.90. The van der Waals surface area contributed by atoms with Crippen LogP contribution in [-0.4, -0.2) is 36.6 Å². The number of carbonyl (C=O) groups excluding carboxylic acids is 1. The monoisotopic (exact) mass is 262 g/mol. The first-order chi connectivity index (χ1) is 9.08. The van der Waals surface area contributed by atoms with Gasteiger partial charge in [-0.25, -0.2) is 0 Å². The summed E-state index contributed by atoms with van der Waals surface area (Å²) in [7, 11) is 3.56. The fourth-order valence-electron chi connectivity index (χ4n) is 2.59. The summed E-state index contributed by atoms with van der Waals surface area (Å²) in [4.78, 5) is 13.1. The van der Waals surface area contributed by atoms with Crippen molar-refractivity contribution in [2.45, 2.75) is 31.7 Å². The van der Waals surface area contributed by atoms with E-state index >= 15 is 0 Å². The lowest BCUT2D eigenvalue weighted by Crippen LogP contribution is -2.30. The number of rotatable bonds is 4. The Labute approximate surface area is 114 Å². The molecule has 2 rings (SSSR count). The Hall–Kier alpha value is -1.55. The minimum Gasteiger partial charge on any atom is -0.508 e. The minimum absolute atomic E-state index is 0.147. The smallest absolute Gasteiger partial charge is 0.223 e. The third-order valence-electron chi connectivity index (χ3n) is 3.67. The van der Waals surface area contributed by atoms with Crippen molar-refractivity contribution in [3.05, 3.63) is 29.3 Å². The maximum atomic E-state index is 11.5. The summed E-state index contributed by atoms with van der Waals surface area (Å²) in [6.45, 7) is 0.696. The molecule has 0 bridgehead atoms. The van der Waals surface area contributed by atoms with Gasteiger partial charge < -0.3 is 15.3 Å². The van der Waals surface area contributed by atoms with Gasteiger partial charge in [0.25, 0.3) is 0 Å². The van der Waals surface area contributed by atoms with E-state index in [9.17, 15) is 9.90 Å². The van der Waals surface area contributed by atoms with Crippen LogP contribution in [0.5, 0.6) is 5.75 Å². The quantitative estimate of drug-likeness (QED) is 0.870. The summed E-state index contributed by atoms with van der Waals surface area (Å²) in [6.07, 6.45) is 3.76. The average molecular weight is 262 g/mol. The number of aromatic hydroxyl groups is 1. The van der Waals surface area contributed by atoms with Gasteiger partial charge in [-0.1, -0.05) is 6.07 Å². The molecule has 0 saturated heterocycles. The molecule has 4 heteroatoms. The first-order valence-electron chi connectivity index (χ1n) is 6.83. The van der Waals surface area contributed by atoms with E-state index in [2.05, 4.69) is 5.32 Å². The fourth-order valence-corrected chi connectivity index (χ4v) is 2.59. The maximum absolute atomic E-state index is 11.5. The van der Waals surface area contributed by atoms with Gasteiger partial charge in [-0.2, -0.15) is 0 Å². The highest BCUT2D eigenvalue weighted by Crippen LogP contribution is 2.31. The lowest BCUT2D eigenvalue weighted by molar-refractivity contribution is -0.128. The molecule has 1 aliphatic carbocycles. The normalized spacial score (nSPS) is 17.9. The zero-order chi connectivity index (χ0) is 13.8. The van der Waals surface area contributed by atoms with Crippen LogP contribution >= 0.6 is 0 Å². The van der Waals surface area contributed by atoms with E-state index in [4.69, 9.17) is 0 Å². The summed E-state index contributed by atoms with van der Waals surface area (Å²) in [5.41, 5.74) is 2.49. The van der Waals surface area contributed by atoms with E-state index < -0.39 is 0 Å². The van der Waals surface area contributed by atoms with Crippen LogP contribution < -0.4 is 5.32 Å². The molecular weight excluding hydrogens is 240 g/mol. The molecule has 1 aliphatic rings. The van der Waals surface area contributed by atoms with Crippen LogP contribution in [0, 0.1) is 0 Å². The molecule has 0 aromatic heterocycles. The van der Waals surface area contributed by atoms with Gasteiger partial charge in [-0.15, -0.1) is 0 Å². The van der Waals surface area contributed by atoms with E-state index in [-0.39, 0.29) is 5.91 Å². The molecule has 2 N–H and O–H groups in total. The van der Waals surface area contributed by atoms with Crippen LogP contribution in [-0.2, 0) is 11.2 Å². The molecule has 0 aliphatic heterocycles. The van der Waals surface area contributed by atoms with Gasteiger partial charge in [0.15, 0.2) is 0 Å². The van der Waals surface area contributed by atoms with Crippen molar-refractivity contribution >= 4 is 5.91 Å². The second-order valence-electron chi connectivity index (χ2n) is 5.32. The topological polar surface area (TPSA) is 52.6 Å². The largest absolute Gasteiger partial charge is 0.508 e. The average Bonchev–Trinajstić information content (AvgIpc) is 2.38. The third kappa shape index (κ3) is 3.47. The number of aryl methyl sites for hydroxylation is 1. The van der Waals surface area contributed by atoms with Crippen molar-refractivity contribution < 1.29 is 9.90 Å². The van der Waals surface area contributed by atoms with Crippen LogP contribution in [0.15, 0.2) is 18.2 Å². The summed E-state index contributed by atoms with van der Waals surface area (Å²) in [5.74, 6) is 0.483. The van der Waals surface area contributed by atoms with Gasteiger partial charge in [0, 0.05) is 33.1 Å². The lowest BCUT2D eigenvalue weighted by atomic mass is 9.87. The van der Waals surface area contributed by atoms with Crippen molar-refractivity contribution in [2.75, 3.05) is 20.6 Å². The summed E-state index contributed by atoms with van der Waals surface area (Å²) < 4.78 is 0. The van der Waals surface area contributed by atoms with Gasteiger partial charge in [-0.3, -0.25) is 4.79 Å². The van der Waals surface area contributed by atoms with Crippen molar-refractivity contribution in [3.8, 4) is 5.75 Å². The molecule has 1 aromatic rings. The predicted molar refractivity (Wildman–Crippen MR) is 75.1 cm³/mol. The molecule has 1 aromatic carbocycles. The van der Waals surface area contributed by atoms with Crippen molar-refractivity contribution in [1.29, 1.82) is 0 Å². The van der Waals surface area contributed by atoms with Gasteiger partial charge in [-0.05, 0) is 42.5 Å². The van der Waals surface area contributed by atoms with E-state index in [1.165, 1.54) is 11.1 Å². The molecule has 0 heterocycles. The van der Waals surface area contributed by atoms with Gasteiger partial charge in [0.05, 0.1) is 0 Å². The van der Waals surface area contributed by atoms with E-state index in [0.29, 0.717) is 24.8 Å². The van der Waals surface area contributed by atoms with Crippen LogP contribution in [0.25, 0.3) is 0 Å². The highest BCUT2D eigenvalue weighted by atomic mass is 16.3. The number of hydrogen-bond acceptors (Lipinski definition) is 3. The van der Waals surface area contributed by atoms with Crippen molar-refractivity contribution in [1.82, 2.24) is 10.2 Å². The fraction of sp³-hybridized carbons (Fsp3) is 0.533. The molecule has 0 radical (unpaired) electrons. The molecule has 0 saturated carbocycles. The first-order valence-corrected chi connectivity index (χ1v) is 6.83. The van der Waals surface area contributed by atoms with Gasteiger partial charge >= 0.3 is 0 Å². The highest BCUT2D eigenvalue weighted by molar-refractivity contribution is 5.75. The van der Waals surface area contributed by atoms with E-state index in [0.717, 1.165) is 19.3 Å².